The first kappa shape index (κ1) is 15.1. The van der Waals surface area contributed by atoms with E-state index in [9.17, 15) is 4.79 Å². The van der Waals surface area contributed by atoms with E-state index in [0.29, 0.717) is 6.42 Å². The standard InChI is InChI=1S/C19H20ClNO/c1-13-6-7-14(12-17(13)20)8-11-19(22)21-18-10-9-15-4-2-3-5-16(15)18/h2-7,12,18H,8-11H2,1H3,(H,21,22). The van der Waals surface area contributed by atoms with E-state index in [4.69, 9.17) is 11.6 Å². The van der Waals surface area contributed by atoms with Crippen LogP contribution in [0.1, 0.15) is 41.1 Å². The quantitative estimate of drug-likeness (QED) is 0.891. The lowest BCUT2D eigenvalue weighted by Crippen LogP contribution is -2.27. The molecule has 0 heterocycles. The van der Waals surface area contributed by atoms with Crippen LogP contribution in [0.15, 0.2) is 42.5 Å². The van der Waals surface area contributed by atoms with Crippen LogP contribution in [-0.4, -0.2) is 5.91 Å². The molecule has 2 aromatic carbocycles. The molecule has 1 aliphatic rings. The molecule has 0 saturated heterocycles. The smallest absolute Gasteiger partial charge is 0.220 e. The van der Waals surface area contributed by atoms with Crippen LogP contribution in [0.2, 0.25) is 5.02 Å². The van der Waals surface area contributed by atoms with Crippen molar-refractivity contribution in [2.45, 2.75) is 38.6 Å². The van der Waals surface area contributed by atoms with Gasteiger partial charge in [0.05, 0.1) is 6.04 Å². The SMILES string of the molecule is Cc1ccc(CCC(=O)NC2CCc3ccccc32)cc1Cl. The first-order valence-electron chi connectivity index (χ1n) is 7.75. The van der Waals surface area contributed by atoms with Crippen LogP contribution in [0.3, 0.4) is 0 Å². The Morgan fingerprint density at radius 2 is 2.09 bits per heavy atom. The van der Waals surface area contributed by atoms with Crippen molar-refractivity contribution >= 4 is 17.5 Å². The molecule has 3 heteroatoms. The second kappa shape index (κ2) is 6.53. The zero-order chi connectivity index (χ0) is 15.5. The van der Waals surface area contributed by atoms with Gasteiger partial charge in [0, 0.05) is 11.4 Å². The van der Waals surface area contributed by atoms with Gasteiger partial charge in [-0.05, 0) is 54.5 Å². The van der Waals surface area contributed by atoms with Crippen LogP contribution in [0, 0.1) is 6.92 Å². The summed E-state index contributed by atoms with van der Waals surface area (Å²) in [6.45, 7) is 1.98. The van der Waals surface area contributed by atoms with Gasteiger partial charge in [-0.1, -0.05) is 48.0 Å². The fourth-order valence-corrected chi connectivity index (χ4v) is 3.23. The second-order valence-electron chi connectivity index (χ2n) is 5.94. The third-order valence-electron chi connectivity index (χ3n) is 4.35. The van der Waals surface area contributed by atoms with Gasteiger partial charge >= 0.3 is 0 Å². The van der Waals surface area contributed by atoms with Gasteiger partial charge in [0.15, 0.2) is 0 Å². The van der Waals surface area contributed by atoms with E-state index in [2.05, 4.69) is 23.5 Å². The van der Waals surface area contributed by atoms with Gasteiger partial charge in [-0.2, -0.15) is 0 Å². The fraction of sp³-hybridized carbons (Fsp3) is 0.316. The number of hydrogen-bond donors (Lipinski definition) is 1. The van der Waals surface area contributed by atoms with Crippen LogP contribution in [0.25, 0.3) is 0 Å². The number of rotatable bonds is 4. The predicted molar refractivity (Wildman–Crippen MR) is 90.2 cm³/mol. The number of benzene rings is 2. The Bertz CT molecular complexity index is 696. The molecule has 0 aliphatic heterocycles. The Labute approximate surface area is 136 Å². The summed E-state index contributed by atoms with van der Waals surface area (Å²) >= 11 is 6.12. The van der Waals surface area contributed by atoms with Crippen LogP contribution in [-0.2, 0) is 17.6 Å². The Hall–Kier alpha value is -1.80. The lowest BCUT2D eigenvalue weighted by atomic mass is 10.1. The fourth-order valence-electron chi connectivity index (χ4n) is 3.02. The van der Waals surface area contributed by atoms with Gasteiger partial charge in [-0.25, -0.2) is 0 Å². The molecule has 3 rings (SSSR count). The number of carbonyl (C=O) groups excluding carboxylic acids is 1. The Morgan fingerprint density at radius 1 is 1.27 bits per heavy atom. The normalized spacial score (nSPS) is 16.4. The topological polar surface area (TPSA) is 29.1 Å². The van der Waals surface area contributed by atoms with Crippen LogP contribution in [0.4, 0.5) is 0 Å². The van der Waals surface area contributed by atoms with Crippen molar-refractivity contribution in [1.82, 2.24) is 5.32 Å². The highest BCUT2D eigenvalue weighted by Crippen LogP contribution is 2.30. The summed E-state index contributed by atoms with van der Waals surface area (Å²) < 4.78 is 0. The summed E-state index contributed by atoms with van der Waals surface area (Å²) in [5.41, 5.74) is 4.81. The maximum Gasteiger partial charge on any atom is 0.220 e. The lowest BCUT2D eigenvalue weighted by molar-refractivity contribution is -0.121. The number of amides is 1. The molecule has 1 unspecified atom stereocenters. The molecule has 0 spiro atoms. The number of halogens is 1. The van der Waals surface area contributed by atoms with E-state index in [1.54, 1.807) is 0 Å². The summed E-state index contributed by atoms with van der Waals surface area (Å²) in [7, 11) is 0. The Balaban J connectivity index is 1.56. The van der Waals surface area contributed by atoms with Crippen molar-refractivity contribution < 1.29 is 4.79 Å². The van der Waals surface area contributed by atoms with Crippen LogP contribution >= 0.6 is 11.6 Å². The van der Waals surface area contributed by atoms with Crippen LogP contribution in [0.5, 0.6) is 0 Å². The van der Waals surface area contributed by atoms with E-state index in [1.165, 1.54) is 11.1 Å². The van der Waals surface area contributed by atoms with Crippen LogP contribution < -0.4 is 5.32 Å². The number of fused-ring (bicyclic) bond motifs is 1. The first-order valence-corrected chi connectivity index (χ1v) is 8.13. The summed E-state index contributed by atoms with van der Waals surface area (Å²) in [4.78, 5) is 12.2. The van der Waals surface area contributed by atoms with E-state index >= 15 is 0 Å². The molecule has 1 N–H and O–H groups in total. The van der Waals surface area contributed by atoms with Gasteiger partial charge in [-0.3, -0.25) is 4.79 Å². The molecule has 22 heavy (non-hydrogen) atoms. The van der Waals surface area contributed by atoms with E-state index in [0.717, 1.165) is 35.4 Å². The molecule has 114 valence electrons. The number of carbonyl (C=O) groups is 1. The van der Waals surface area contributed by atoms with Gasteiger partial charge in [-0.15, -0.1) is 0 Å². The minimum absolute atomic E-state index is 0.110. The molecular formula is C19H20ClNO. The number of aryl methyl sites for hydroxylation is 3. The lowest BCUT2D eigenvalue weighted by Gasteiger charge is -2.14. The highest BCUT2D eigenvalue weighted by atomic mass is 35.5. The van der Waals surface area contributed by atoms with E-state index in [1.807, 2.05) is 31.2 Å². The minimum atomic E-state index is 0.110. The number of nitrogens with one attached hydrogen (secondary N) is 1. The van der Waals surface area contributed by atoms with Crippen molar-refractivity contribution in [2.24, 2.45) is 0 Å². The molecule has 1 aliphatic carbocycles. The average Bonchev–Trinajstić information content (AvgIpc) is 2.92. The molecule has 0 radical (unpaired) electrons. The summed E-state index contributed by atoms with van der Waals surface area (Å²) in [6, 6.07) is 14.5. The van der Waals surface area contributed by atoms with E-state index < -0.39 is 0 Å². The molecule has 0 fully saturated rings. The third kappa shape index (κ3) is 3.33. The monoisotopic (exact) mass is 313 g/mol. The van der Waals surface area contributed by atoms with Gasteiger partial charge in [0.2, 0.25) is 5.91 Å². The second-order valence-corrected chi connectivity index (χ2v) is 6.35. The maximum absolute atomic E-state index is 12.2. The van der Waals surface area contributed by atoms with Crippen molar-refractivity contribution in [3.8, 4) is 0 Å². The molecule has 0 bridgehead atoms. The summed E-state index contributed by atoms with van der Waals surface area (Å²) in [6.07, 6.45) is 3.27. The zero-order valence-corrected chi connectivity index (χ0v) is 13.5. The first-order chi connectivity index (χ1) is 10.6. The van der Waals surface area contributed by atoms with Crippen molar-refractivity contribution in [3.63, 3.8) is 0 Å². The highest BCUT2D eigenvalue weighted by Gasteiger charge is 2.23. The number of hydrogen-bond acceptors (Lipinski definition) is 1. The molecule has 0 aromatic heterocycles. The zero-order valence-electron chi connectivity index (χ0n) is 12.7. The Morgan fingerprint density at radius 3 is 2.91 bits per heavy atom. The summed E-state index contributed by atoms with van der Waals surface area (Å²) in [5.74, 6) is 0.110. The third-order valence-corrected chi connectivity index (χ3v) is 4.75. The molecule has 2 aromatic rings. The Kier molecular flexibility index (Phi) is 4.49. The largest absolute Gasteiger partial charge is 0.349 e. The average molecular weight is 314 g/mol. The van der Waals surface area contributed by atoms with Crippen molar-refractivity contribution in [3.05, 3.63) is 69.7 Å². The van der Waals surface area contributed by atoms with Gasteiger partial charge in [0.1, 0.15) is 0 Å². The molecule has 1 atom stereocenters. The van der Waals surface area contributed by atoms with E-state index in [-0.39, 0.29) is 11.9 Å². The van der Waals surface area contributed by atoms with Crippen molar-refractivity contribution in [1.29, 1.82) is 0 Å². The minimum Gasteiger partial charge on any atom is -0.349 e. The predicted octanol–water partition coefficient (Wildman–Crippen LogP) is 4.38. The summed E-state index contributed by atoms with van der Waals surface area (Å²) in [5, 5.41) is 3.93. The molecule has 2 nitrogen and oxygen atoms in total. The maximum atomic E-state index is 12.2. The molecule has 1 amide bonds. The molecular weight excluding hydrogens is 294 g/mol. The molecule has 0 saturated carbocycles. The van der Waals surface area contributed by atoms with Crippen molar-refractivity contribution in [2.75, 3.05) is 0 Å². The highest BCUT2D eigenvalue weighted by molar-refractivity contribution is 6.31. The van der Waals surface area contributed by atoms with Gasteiger partial charge in [0.25, 0.3) is 0 Å². The van der Waals surface area contributed by atoms with Gasteiger partial charge < -0.3 is 5.32 Å².